The lowest BCUT2D eigenvalue weighted by Crippen LogP contribution is -2.41. The molecule has 108 valence electrons. The number of aromatic nitrogens is 1. The van der Waals surface area contributed by atoms with E-state index in [-0.39, 0.29) is 5.91 Å². The summed E-state index contributed by atoms with van der Waals surface area (Å²) in [5.74, 6) is 0.180. The molecule has 0 saturated heterocycles. The molecule has 0 N–H and O–H groups in total. The molecule has 0 spiro atoms. The molecule has 1 amide bonds. The first-order valence-electron chi connectivity index (χ1n) is 7.34. The largest absolute Gasteiger partial charge is 0.364 e. The summed E-state index contributed by atoms with van der Waals surface area (Å²) < 4.78 is 4.99. The van der Waals surface area contributed by atoms with Crippen molar-refractivity contribution in [2.45, 2.75) is 19.4 Å². The Morgan fingerprint density at radius 2 is 2.10 bits per heavy atom. The number of nitrogens with zero attached hydrogens (tertiary/aromatic N) is 3. The van der Waals surface area contributed by atoms with Gasteiger partial charge in [-0.15, -0.1) is 0 Å². The normalized spacial score (nSPS) is 17.6. The molecule has 2 aliphatic rings. The van der Waals surface area contributed by atoms with Crippen molar-refractivity contribution in [3.05, 3.63) is 47.3 Å². The third-order valence-electron chi connectivity index (χ3n) is 4.33. The van der Waals surface area contributed by atoms with Gasteiger partial charge in [0.15, 0.2) is 0 Å². The third kappa shape index (κ3) is 2.23. The monoisotopic (exact) mass is 283 g/mol. The average Bonchev–Trinajstić information content (AvgIpc) is 3.13. The zero-order valence-corrected chi connectivity index (χ0v) is 11.8. The van der Waals surface area contributed by atoms with Crippen molar-refractivity contribution in [2.24, 2.45) is 0 Å². The molecule has 3 heterocycles. The summed E-state index contributed by atoms with van der Waals surface area (Å²) in [4.78, 5) is 16.7. The van der Waals surface area contributed by atoms with E-state index in [4.69, 9.17) is 4.52 Å². The van der Waals surface area contributed by atoms with Crippen molar-refractivity contribution in [3.63, 3.8) is 0 Å². The van der Waals surface area contributed by atoms with E-state index in [2.05, 4.69) is 16.1 Å². The van der Waals surface area contributed by atoms with Gasteiger partial charge >= 0.3 is 0 Å². The van der Waals surface area contributed by atoms with Crippen molar-refractivity contribution in [3.8, 4) is 0 Å². The Hall–Kier alpha value is -2.14. The maximum atomic E-state index is 12.6. The molecular weight excluding hydrogens is 266 g/mol. The van der Waals surface area contributed by atoms with Gasteiger partial charge in [0, 0.05) is 37.3 Å². The Labute approximate surface area is 123 Å². The molecule has 4 rings (SSSR count). The number of rotatable bonds is 2. The Morgan fingerprint density at radius 1 is 1.19 bits per heavy atom. The second kappa shape index (κ2) is 5.00. The number of amides is 1. The van der Waals surface area contributed by atoms with Gasteiger partial charge in [-0.25, -0.2) is 0 Å². The van der Waals surface area contributed by atoms with Crippen LogP contribution in [0.25, 0.3) is 0 Å². The minimum absolute atomic E-state index is 0.180. The highest BCUT2D eigenvalue weighted by molar-refractivity contribution is 5.96. The van der Waals surface area contributed by atoms with Crippen molar-refractivity contribution in [1.29, 1.82) is 0 Å². The van der Waals surface area contributed by atoms with Crippen LogP contribution in [0, 0.1) is 0 Å². The molecule has 0 atom stereocenters. The number of hydrogen-bond donors (Lipinski definition) is 0. The van der Waals surface area contributed by atoms with Crippen LogP contribution in [-0.4, -0.2) is 35.6 Å². The molecule has 0 radical (unpaired) electrons. The molecule has 1 aromatic heterocycles. The number of benzene rings is 1. The first-order chi connectivity index (χ1) is 10.3. The predicted molar refractivity (Wildman–Crippen MR) is 78.0 cm³/mol. The van der Waals surface area contributed by atoms with E-state index >= 15 is 0 Å². The number of hydrogen-bond acceptors (Lipinski definition) is 4. The first-order valence-corrected chi connectivity index (χ1v) is 7.34. The number of para-hydroxylation sites is 1. The highest BCUT2D eigenvalue weighted by Gasteiger charge is 2.27. The van der Waals surface area contributed by atoms with Crippen LogP contribution < -0.4 is 4.90 Å². The molecule has 21 heavy (non-hydrogen) atoms. The Kier molecular flexibility index (Phi) is 3.00. The predicted octanol–water partition coefficient (Wildman–Crippen LogP) is 1.62. The van der Waals surface area contributed by atoms with Crippen LogP contribution in [0.15, 0.2) is 35.1 Å². The van der Waals surface area contributed by atoms with E-state index in [0.29, 0.717) is 6.54 Å². The van der Waals surface area contributed by atoms with Gasteiger partial charge in [-0.2, -0.15) is 0 Å². The number of fused-ring (bicyclic) bond motifs is 2. The molecule has 0 saturated carbocycles. The van der Waals surface area contributed by atoms with Crippen LogP contribution >= 0.6 is 0 Å². The van der Waals surface area contributed by atoms with Crippen molar-refractivity contribution in [1.82, 2.24) is 10.1 Å². The van der Waals surface area contributed by atoms with Crippen LogP contribution in [0.2, 0.25) is 0 Å². The van der Waals surface area contributed by atoms with Crippen LogP contribution in [0.4, 0.5) is 5.69 Å². The molecule has 0 fully saturated rings. The van der Waals surface area contributed by atoms with Crippen molar-refractivity contribution < 1.29 is 9.32 Å². The van der Waals surface area contributed by atoms with Gasteiger partial charge in [0.1, 0.15) is 6.26 Å². The van der Waals surface area contributed by atoms with E-state index in [9.17, 15) is 4.79 Å². The minimum Gasteiger partial charge on any atom is -0.364 e. The first kappa shape index (κ1) is 12.6. The Bertz CT molecular complexity index is 680. The summed E-state index contributed by atoms with van der Waals surface area (Å²) in [7, 11) is 0. The Morgan fingerprint density at radius 3 is 3.05 bits per heavy atom. The lowest BCUT2D eigenvalue weighted by molar-refractivity contribution is -0.119. The van der Waals surface area contributed by atoms with Gasteiger partial charge in [0.25, 0.3) is 0 Å². The molecule has 5 heteroatoms. The summed E-state index contributed by atoms with van der Waals surface area (Å²) in [6.45, 7) is 2.87. The average molecular weight is 283 g/mol. The molecule has 5 nitrogen and oxygen atoms in total. The van der Waals surface area contributed by atoms with Gasteiger partial charge in [-0.05, 0) is 18.1 Å². The smallest absolute Gasteiger partial charge is 0.241 e. The summed E-state index contributed by atoms with van der Waals surface area (Å²) in [6.07, 6.45) is 3.50. The van der Waals surface area contributed by atoms with Gasteiger partial charge in [0.2, 0.25) is 5.91 Å². The van der Waals surface area contributed by atoms with Crippen LogP contribution in [0.5, 0.6) is 0 Å². The standard InChI is InChI=1S/C16H17N3O2/c20-16(19-8-5-12-3-1-2-4-15(12)19)10-18-7-6-14-13(9-18)11-21-17-14/h1-4,11H,5-10H2. The van der Waals surface area contributed by atoms with Crippen LogP contribution in [-0.2, 0) is 24.2 Å². The molecule has 2 aromatic rings. The topological polar surface area (TPSA) is 49.6 Å². The summed E-state index contributed by atoms with van der Waals surface area (Å²) in [6, 6.07) is 8.17. The van der Waals surface area contributed by atoms with Crippen molar-refractivity contribution in [2.75, 3.05) is 24.5 Å². The van der Waals surface area contributed by atoms with E-state index in [1.807, 2.05) is 23.1 Å². The summed E-state index contributed by atoms with van der Waals surface area (Å²) >= 11 is 0. The fourth-order valence-corrected chi connectivity index (χ4v) is 3.21. The minimum atomic E-state index is 0.180. The quantitative estimate of drug-likeness (QED) is 0.840. The zero-order valence-electron chi connectivity index (χ0n) is 11.8. The lowest BCUT2D eigenvalue weighted by atomic mass is 10.1. The van der Waals surface area contributed by atoms with Gasteiger partial charge in [-0.1, -0.05) is 23.4 Å². The second-order valence-electron chi connectivity index (χ2n) is 5.67. The summed E-state index contributed by atoms with van der Waals surface area (Å²) in [5.41, 5.74) is 4.48. The maximum Gasteiger partial charge on any atom is 0.241 e. The maximum absolute atomic E-state index is 12.6. The highest BCUT2D eigenvalue weighted by Crippen LogP contribution is 2.27. The Balaban J connectivity index is 1.46. The van der Waals surface area contributed by atoms with E-state index in [0.717, 1.165) is 49.4 Å². The molecule has 0 aliphatic carbocycles. The number of anilines is 1. The second-order valence-corrected chi connectivity index (χ2v) is 5.67. The fourth-order valence-electron chi connectivity index (χ4n) is 3.21. The van der Waals surface area contributed by atoms with E-state index in [1.165, 1.54) is 5.56 Å². The highest BCUT2D eigenvalue weighted by atomic mass is 16.5. The van der Waals surface area contributed by atoms with E-state index < -0.39 is 0 Å². The van der Waals surface area contributed by atoms with Crippen LogP contribution in [0.1, 0.15) is 16.8 Å². The summed E-state index contributed by atoms with van der Waals surface area (Å²) in [5, 5.41) is 3.98. The molecule has 2 aliphatic heterocycles. The molecule has 0 unspecified atom stereocenters. The SMILES string of the molecule is O=C(CN1CCc2nocc2C1)N1CCc2ccccc21. The molecule has 0 bridgehead atoms. The third-order valence-corrected chi connectivity index (χ3v) is 4.33. The van der Waals surface area contributed by atoms with Gasteiger partial charge in [-0.3, -0.25) is 9.69 Å². The molecular formula is C16H17N3O2. The number of carbonyl (C=O) groups is 1. The van der Waals surface area contributed by atoms with E-state index in [1.54, 1.807) is 6.26 Å². The number of carbonyl (C=O) groups excluding carboxylic acids is 1. The van der Waals surface area contributed by atoms with Gasteiger partial charge < -0.3 is 9.42 Å². The zero-order chi connectivity index (χ0) is 14.2. The van der Waals surface area contributed by atoms with Gasteiger partial charge in [0.05, 0.1) is 12.2 Å². The van der Waals surface area contributed by atoms with Crippen molar-refractivity contribution >= 4 is 11.6 Å². The lowest BCUT2D eigenvalue weighted by Gasteiger charge is -2.27. The fraction of sp³-hybridized carbons (Fsp3) is 0.375. The van der Waals surface area contributed by atoms with Crippen LogP contribution in [0.3, 0.4) is 0 Å². The molecule has 1 aromatic carbocycles.